The minimum atomic E-state index is -0.357. The summed E-state index contributed by atoms with van der Waals surface area (Å²) in [5.74, 6) is -0.357. The molecule has 1 fully saturated rings. The maximum Gasteiger partial charge on any atom is 0.341 e. The fourth-order valence-electron chi connectivity index (χ4n) is 3.26. The Morgan fingerprint density at radius 2 is 1.88 bits per heavy atom. The number of carbonyl (C=O) groups is 1. The zero-order valence-electron chi connectivity index (χ0n) is 14.3. The molecule has 2 heterocycles. The number of esters is 1. The number of aryl methyl sites for hydroxylation is 1. The van der Waals surface area contributed by atoms with Gasteiger partial charge in [0.1, 0.15) is 10.6 Å². The fourth-order valence-corrected chi connectivity index (χ4v) is 4.38. The number of nitrogen functional groups attached to an aromatic ring is 1. The number of rotatable bonds is 4. The Hall–Kier alpha value is -1.85. The molecule has 1 aliphatic rings. The van der Waals surface area contributed by atoms with Gasteiger partial charge < -0.3 is 10.5 Å². The van der Waals surface area contributed by atoms with E-state index >= 15 is 0 Å². The summed E-state index contributed by atoms with van der Waals surface area (Å²) in [5, 5.41) is 0.546. The highest BCUT2D eigenvalue weighted by molar-refractivity contribution is 7.17. The van der Waals surface area contributed by atoms with E-state index in [4.69, 9.17) is 10.5 Å². The van der Waals surface area contributed by atoms with Gasteiger partial charge in [0.15, 0.2) is 0 Å². The average Bonchev–Trinajstić information content (AvgIpc) is 2.92. The van der Waals surface area contributed by atoms with Gasteiger partial charge in [-0.25, -0.2) is 4.79 Å². The lowest BCUT2D eigenvalue weighted by Crippen LogP contribution is -2.28. The van der Waals surface area contributed by atoms with E-state index in [-0.39, 0.29) is 5.97 Å². The Balaban J connectivity index is 2.04. The topological polar surface area (TPSA) is 55.6 Å². The van der Waals surface area contributed by atoms with Crippen molar-refractivity contribution < 1.29 is 9.53 Å². The first-order chi connectivity index (χ1) is 11.6. The molecule has 1 aliphatic heterocycles. The Morgan fingerprint density at radius 3 is 2.50 bits per heavy atom. The maximum atomic E-state index is 12.3. The van der Waals surface area contributed by atoms with Crippen molar-refractivity contribution in [3.63, 3.8) is 0 Å². The summed E-state index contributed by atoms with van der Waals surface area (Å²) in [6, 6.07) is 8.25. The zero-order valence-corrected chi connectivity index (χ0v) is 15.1. The van der Waals surface area contributed by atoms with E-state index in [0.29, 0.717) is 10.6 Å². The summed E-state index contributed by atoms with van der Waals surface area (Å²) in [5.41, 5.74) is 9.86. The molecule has 0 unspecified atom stereocenters. The highest BCUT2D eigenvalue weighted by atomic mass is 32.1. The molecule has 0 aliphatic carbocycles. The van der Waals surface area contributed by atoms with E-state index in [1.807, 2.05) is 0 Å². The van der Waals surface area contributed by atoms with Crippen molar-refractivity contribution >= 4 is 22.3 Å². The van der Waals surface area contributed by atoms with Crippen molar-refractivity contribution in [1.82, 2.24) is 4.90 Å². The predicted molar refractivity (Wildman–Crippen MR) is 99.4 cm³/mol. The van der Waals surface area contributed by atoms with Crippen molar-refractivity contribution in [2.24, 2.45) is 0 Å². The van der Waals surface area contributed by atoms with Crippen molar-refractivity contribution in [3.8, 4) is 11.1 Å². The van der Waals surface area contributed by atoms with Gasteiger partial charge in [0.2, 0.25) is 0 Å². The molecule has 24 heavy (non-hydrogen) atoms. The van der Waals surface area contributed by atoms with Crippen molar-refractivity contribution in [1.29, 1.82) is 0 Å². The first-order valence-electron chi connectivity index (χ1n) is 8.39. The zero-order chi connectivity index (χ0) is 17.1. The number of nitrogens with two attached hydrogens (primary N) is 1. The molecule has 1 aromatic heterocycles. The summed E-state index contributed by atoms with van der Waals surface area (Å²) in [7, 11) is 1.41. The van der Waals surface area contributed by atoms with Crippen LogP contribution in [0.4, 0.5) is 5.00 Å². The van der Waals surface area contributed by atoms with Crippen LogP contribution in [0.25, 0.3) is 11.1 Å². The SMILES string of the molecule is COC(=O)c1c(N)sc(CN2CCCCC2)c1-c1ccc(C)cc1. The quantitative estimate of drug-likeness (QED) is 0.849. The van der Waals surface area contributed by atoms with Crippen LogP contribution in [-0.4, -0.2) is 31.1 Å². The summed E-state index contributed by atoms with van der Waals surface area (Å²) >= 11 is 1.51. The lowest BCUT2D eigenvalue weighted by atomic mass is 9.99. The van der Waals surface area contributed by atoms with Crippen LogP contribution >= 0.6 is 11.3 Å². The molecule has 1 aromatic carbocycles. The number of anilines is 1. The van der Waals surface area contributed by atoms with E-state index in [2.05, 4.69) is 36.1 Å². The lowest BCUT2D eigenvalue weighted by Gasteiger charge is -2.26. The van der Waals surface area contributed by atoms with Gasteiger partial charge in [0.05, 0.1) is 7.11 Å². The highest BCUT2D eigenvalue weighted by Gasteiger charge is 2.25. The summed E-state index contributed by atoms with van der Waals surface area (Å²) in [6.45, 7) is 5.12. The number of benzene rings is 1. The van der Waals surface area contributed by atoms with Gasteiger partial charge in [-0.3, -0.25) is 4.90 Å². The molecule has 5 heteroatoms. The standard InChI is InChI=1S/C19H24N2O2S/c1-13-6-8-14(9-7-13)16-15(12-21-10-4-3-5-11-21)24-18(20)17(16)19(22)23-2/h6-9H,3-5,10-12,20H2,1-2H3. The molecular formula is C19H24N2O2S. The van der Waals surface area contributed by atoms with E-state index in [1.165, 1.54) is 43.3 Å². The fraction of sp³-hybridized carbons (Fsp3) is 0.421. The molecular weight excluding hydrogens is 320 g/mol. The van der Waals surface area contributed by atoms with Crippen molar-refractivity contribution in [2.75, 3.05) is 25.9 Å². The predicted octanol–water partition coefficient (Wildman–Crippen LogP) is 4.08. The van der Waals surface area contributed by atoms with Gasteiger partial charge in [-0.15, -0.1) is 11.3 Å². The molecule has 2 aromatic rings. The molecule has 0 saturated carbocycles. The summed E-state index contributed by atoms with van der Waals surface area (Å²) < 4.78 is 4.98. The van der Waals surface area contributed by atoms with Crippen molar-refractivity contribution in [3.05, 3.63) is 40.3 Å². The van der Waals surface area contributed by atoms with E-state index in [9.17, 15) is 4.79 Å². The Bertz CT molecular complexity index is 716. The van der Waals surface area contributed by atoms with Gasteiger partial charge in [-0.05, 0) is 38.4 Å². The van der Waals surface area contributed by atoms with Gasteiger partial charge in [-0.2, -0.15) is 0 Å². The number of nitrogens with zero attached hydrogens (tertiary/aromatic N) is 1. The molecule has 0 atom stereocenters. The normalized spacial score (nSPS) is 15.4. The van der Waals surface area contributed by atoms with Gasteiger partial charge in [-0.1, -0.05) is 36.2 Å². The first-order valence-corrected chi connectivity index (χ1v) is 9.20. The van der Waals surface area contributed by atoms with Gasteiger partial charge >= 0.3 is 5.97 Å². The summed E-state index contributed by atoms with van der Waals surface area (Å²) in [4.78, 5) is 15.9. The molecule has 0 radical (unpaired) electrons. The van der Waals surface area contributed by atoms with Gasteiger partial charge in [0.25, 0.3) is 0 Å². The minimum Gasteiger partial charge on any atom is -0.465 e. The molecule has 4 nitrogen and oxygen atoms in total. The van der Waals surface area contributed by atoms with Crippen molar-refractivity contribution in [2.45, 2.75) is 32.7 Å². The average molecular weight is 344 g/mol. The van der Waals surface area contributed by atoms with Crippen LogP contribution in [0.5, 0.6) is 0 Å². The van der Waals surface area contributed by atoms with Crippen LogP contribution in [0.1, 0.15) is 40.1 Å². The van der Waals surface area contributed by atoms with Crippen LogP contribution in [0.3, 0.4) is 0 Å². The number of hydrogen-bond donors (Lipinski definition) is 1. The van der Waals surface area contributed by atoms with E-state index < -0.39 is 0 Å². The molecule has 128 valence electrons. The molecule has 2 N–H and O–H groups in total. The molecule has 0 amide bonds. The van der Waals surface area contributed by atoms with Crippen LogP contribution in [0, 0.1) is 6.92 Å². The third-order valence-electron chi connectivity index (χ3n) is 4.55. The number of thiophene rings is 1. The third-order valence-corrected chi connectivity index (χ3v) is 5.56. The third kappa shape index (κ3) is 3.47. The monoisotopic (exact) mass is 344 g/mol. The number of piperidine rings is 1. The van der Waals surface area contributed by atoms with Crippen LogP contribution in [-0.2, 0) is 11.3 Å². The number of hydrogen-bond acceptors (Lipinski definition) is 5. The van der Waals surface area contributed by atoms with Gasteiger partial charge in [0, 0.05) is 17.0 Å². The number of ether oxygens (including phenoxy) is 1. The molecule has 3 rings (SSSR count). The lowest BCUT2D eigenvalue weighted by molar-refractivity contribution is 0.0603. The smallest absolute Gasteiger partial charge is 0.341 e. The molecule has 0 bridgehead atoms. The maximum absolute atomic E-state index is 12.3. The van der Waals surface area contributed by atoms with E-state index in [1.54, 1.807) is 0 Å². The Morgan fingerprint density at radius 1 is 1.21 bits per heavy atom. The number of carbonyl (C=O) groups excluding carboxylic acids is 1. The second-order valence-electron chi connectivity index (χ2n) is 6.33. The molecule has 1 saturated heterocycles. The Labute approximate surface area is 147 Å². The van der Waals surface area contributed by atoms with E-state index in [0.717, 1.165) is 35.6 Å². The highest BCUT2D eigenvalue weighted by Crippen LogP contribution is 2.40. The van der Waals surface area contributed by atoms with Crippen LogP contribution < -0.4 is 5.73 Å². The number of likely N-dealkylation sites (tertiary alicyclic amines) is 1. The second-order valence-corrected chi connectivity index (χ2v) is 7.47. The minimum absolute atomic E-state index is 0.357. The number of methoxy groups -OCH3 is 1. The first kappa shape index (κ1) is 17.0. The Kier molecular flexibility index (Phi) is 5.21. The largest absolute Gasteiger partial charge is 0.465 e. The second kappa shape index (κ2) is 7.36. The molecule has 0 spiro atoms. The van der Waals surface area contributed by atoms with Crippen LogP contribution in [0.2, 0.25) is 0 Å². The van der Waals surface area contributed by atoms with Crippen LogP contribution in [0.15, 0.2) is 24.3 Å². The summed E-state index contributed by atoms with van der Waals surface area (Å²) in [6.07, 6.45) is 3.79.